The van der Waals surface area contributed by atoms with Gasteiger partial charge in [0, 0.05) is 5.56 Å². The van der Waals surface area contributed by atoms with Crippen LogP contribution in [0.15, 0.2) is 60.7 Å². The van der Waals surface area contributed by atoms with Crippen molar-refractivity contribution >= 4 is 0 Å². The Hall–Kier alpha value is -2.26. The summed E-state index contributed by atoms with van der Waals surface area (Å²) in [6.07, 6.45) is 22.0. The first-order valence-electron chi connectivity index (χ1n) is 14.6. The second-order valence-electron chi connectivity index (χ2n) is 11.2. The Bertz CT molecular complexity index is 949. The molecule has 0 aliphatic heterocycles. The summed E-state index contributed by atoms with van der Waals surface area (Å²) < 4.78 is 0. The van der Waals surface area contributed by atoms with Crippen molar-refractivity contribution in [2.45, 2.75) is 109 Å². The lowest BCUT2D eigenvalue weighted by Crippen LogP contribution is -2.13. The topological polar surface area (TPSA) is 0 Å². The second-order valence-corrected chi connectivity index (χ2v) is 11.2. The molecule has 0 saturated heterocycles. The van der Waals surface area contributed by atoms with Gasteiger partial charge in [-0.1, -0.05) is 93.8 Å². The zero-order valence-corrected chi connectivity index (χ0v) is 22.3. The lowest BCUT2D eigenvalue weighted by atomic mass is 9.77. The van der Waals surface area contributed by atoms with E-state index in [2.05, 4.69) is 86.4 Å². The van der Waals surface area contributed by atoms with E-state index in [1.54, 1.807) is 0 Å². The first-order chi connectivity index (χ1) is 17.2. The van der Waals surface area contributed by atoms with Crippen LogP contribution in [0.5, 0.6) is 0 Å². The molecule has 186 valence electrons. The molecule has 0 unspecified atom stereocenters. The minimum absolute atomic E-state index is 0.690. The van der Waals surface area contributed by atoms with Gasteiger partial charge >= 0.3 is 0 Å². The predicted molar refractivity (Wildman–Crippen MR) is 152 cm³/mol. The van der Waals surface area contributed by atoms with Crippen LogP contribution in [0.25, 0.3) is 0 Å². The molecule has 35 heavy (non-hydrogen) atoms. The van der Waals surface area contributed by atoms with Crippen LogP contribution >= 0.6 is 0 Å². The summed E-state index contributed by atoms with van der Waals surface area (Å²) in [5, 5.41) is 0. The fraction of sp³-hybridized carbons (Fsp3) is 0.543. The highest BCUT2D eigenvalue weighted by Crippen LogP contribution is 2.38. The first-order valence-corrected chi connectivity index (χ1v) is 14.6. The summed E-state index contributed by atoms with van der Waals surface area (Å²) in [6, 6.07) is 18.5. The Balaban J connectivity index is 1.19. The summed E-state index contributed by atoms with van der Waals surface area (Å²) in [5.41, 5.74) is 5.65. The van der Waals surface area contributed by atoms with Crippen molar-refractivity contribution in [1.82, 2.24) is 0 Å². The van der Waals surface area contributed by atoms with Gasteiger partial charge in [-0.15, -0.1) is 0 Å². The summed E-state index contributed by atoms with van der Waals surface area (Å²) in [7, 11) is 0. The fourth-order valence-corrected chi connectivity index (χ4v) is 6.29. The predicted octanol–water partition coefficient (Wildman–Crippen LogP) is 9.98. The maximum Gasteiger partial charge on any atom is 0.0249 e. The average molecular weight is 467 g/mol. The van der Waals surface area contributed by atoms with Gasteiger partial charge < -0.3 is 0 Å². The molecular formula is C35H46. The molecule has 2 saturated carbocycles. The van der Waals surface area contributed by atoms with Gasteiger partial charge in [0.1, 0.15) is 0 Å². The maximum atomic E-state index is 3.36. The van der Waals surface area contributed by atoms with Gasteiger partial charge in [-0.3, -0.25) is 0 Å². The van der Waals surface area contributed by atoms with E-state index in [9.17, 15) is 0 Å². The van der Waals surface area contributed by atoms with E-state index in [-0.39, 0.29) is 0 Å². The van der Waals surface area contributed by atoms with Crippen LogP contribution in [0.2, 0.25) is 0 Å². The van der Waals surface area contributed by atoms with Crippen molar-refractivity contribution in [3.63, 3.8) is 0 Å². The number of hydrogen-bond donors (Lipinski definition) is 0. The first kappa shape index (κ1) is 25.8. The zero-order chi connectivity index (χ0) is 24.3. The average Bonchev–Trinajstić information content (AvgIpc) is 2.92. The molecule has 0 atom stereocenters. The number of unbranched alkanes of at least 4 members (excludes halogenated alkanes) is 2. The largest absolute Gasteiger partial charge is 0.0730 e. The number of rotatable bonds is 8. The van der Waals surface area contributed by atoms with Gasteiger partial charge in [0.15, 0.2) is 0 Å². The highest BCUT2D eigenvalue weighted by molar-refractivity contribution is 5.39. The standard InChI is InChI=1S/C35H46/c1-3-5-6-9-29-14-22-34(23-15-29)35-26-18-31(19-27-35)11-8-7-10-30-16-24-33(25-17-30)32-20-12-28(4-2)13-21-32/h7,10,12-13,18-21,26-27,29-30,33-34H,3-6,9,14-17,22-25H2,1-2H3/b10-7+. The molecule has 2 fully saturated rings. The van der Waals surface area contributed by atoms with Crippen LogP contribution in [0.3, 0.4) is 0 Å². The molecule has 0 aromatic heterocycles. The molecule has 0 heterocycles. The molecular weight excluding hydrogens is 420 g/mol. The Labute approximate surface area is 215 Å². The number of allylic oxidation sites excluding steroid dienone is 2. The number of aryl methyl sites for hydroxylation is 1. The highest BCUT2D eigenvalue weighted by atomic mass is 14.3. The highest BCUT2D eigenvalue weighted by Gasteiger charge is 2.22. The molecule has 2 aliphatic carbocycles. The van der Waals surface area contributed by atoms with Gasteiger partial charge in [0.2, 0.25) is 0 Å². The summed E-state index contributed by atoms with van der Waals surface area (Å²) >= 11 is 0. The van der Waals surface area contributed by atoms with Crippen molar-refractivity contribution in [1.29, 1.82) is 0 Å². The fourth-order valence-electron chi connectivity index (χ4n) is 6.29. The SMILES string of the molecule is CCCCCC1CCC(c2ccc(C#C/C=C/C3CCC(c4ccc(CC)cc4)CC3)cc2)CC1. The normalized spacial score (nSPS) is 24.7. The molecule has 2 aliphatic rings. The summed E-state index contributed by atoms with van der Waals surface area (Å²) in [6.45, 7) is 4.53. The Kier molecular flexibility index (Phi) is 10.1. The monoisotopic (exact) mass is 466 g/mol. The van der Waals surface area contributed by atoms with Crippen LogP contribution in [-0.4, -0.2) is 0 Å². The third-order valence-electron chi connectivity index (χ3n) is 8.74. The second kappa shape index (κ2) is 13.7. The maximum absolute atomic E-state index is 3.36. The zero-order valence-electron chi connectivity index (χ0n) is 22.3. The Morgan fingerprint density at radius 1 is 0.714 bits per heavy atom. The van der Waals surface area contributed by atoms with Gasteiger partial charge in [0.05, 0.1) is 0 Å². The molecule has 2 aromatic carbocycles. The molecule has 4 rings (SSSR count). The third-order valence-corrected chi connectivity index (χ3v) is 8.74. The van der Waals surface area contributed by atoms with Gasteiger partial charge in [0.25, 0.3) is 0 Å². The lowest BCUT2D eigenvalue weighted by molar-refractivity contribution is 0.303. The van der Waals surface area contributed by atoms with Gasteiger partial charge in [-0.25, -0.2) is 0 Å². The van der Waals surface area contributed by atoms with Crippen molar-refractivity contribution in [3.8, 4) is 11.8 Å². The van der Waals surface area contributed by atoms with E-state index in [4.69, 9.17) is 0 Å². The summed E-state index contributed by atoms with van der Waals surface area (Å²) in [5.74, 6) is 9.84. The number of hydrogen-bond acceptors (Lipinski definition) is 0. The van der Waals surface area contributed by atoms with Crippen molar-refractivity contribution in [2.24, 2.45) is 11.8 Å². The van der Waals surface area contributed by atoms with Crippen LogP contribution in [0, 0.1) is 23.7 Å². The van der Waals surface area contributed by atoms with Crippen molar-refractivity contribution in [3.05, 3.63) is 82.9 Å². The van der Waals surface area contributed by atoms with Crippen molar-refractivity contribution < 1.29 is 0 Å². The molecule has 0 N–H and O–H groups in total. The third kappa shape index (κ3) is 7.87. The molecule has 2 aromatic rings. The van der Waals surface area contributed by atoms with Gasteiger partial charge in [-0.2, -0.15) is 0 Å². The van der Waals surface area contributed by atoms with E-state index < -0.39 is 0 Å². The molecule has 0 amide bonds. The van der Waals surface area contributed by atoms with Crippen LogP contribution in [0.4, 0.5) is 0 Å². The summed E-state index contributed by atoms with van der Waals surface area (Å²) in [4.78, 5) is 0. The molecule has 0 radical (unpaired) electrons. The molecule has 0 nitrogen and oxygen atoms in total. The van der Waals surface area contributed by atoms with Gasteiger partial charge in [-0.05, 0) is 116 Å². The smallest absolute Gasteiger partial charge is 0.0249 e. The minimum Gasteiger partial charge on any atom is -0.0730 e. The van der Waals surface area contributed by atoms with E-state index in [0.29, 0.717) is 5.92 Å². The quantitative estimate of drug-likeness (QED) is 0.268. The number of benzene rings is 2. The Morgan fingerprint density at radius 2 is 1.31 bits per heavy atom. The van der Waals surface area contributed by atoms with Crippen LogP contribution < -0.4 is 0 Å². The Morgan fingerprint density at radius 3 is 1.91 bits per heavy atom. The van der Waals surface area contributed by atoms with E-state index >= 15 is 0 Å². The van der Waals surface area contributed by atoms with E-state index in [0.717, 1.165) is 29.7 Å². The van der Waals surface area contributed by atoms with E-state index in [1.807, 2.05) is 0 Å². The van der Waals surface area contributed by atoms with Crippen molar-refractivity contribution in [2.75, 3.05) is 0 Å². The van der Waals surface area contributed by atoms with Crippen LogP contribution in [0.1, 0.15) is 125 Å². The molecule has 0 spiro atoms. The molecule has 0 heteroatoms. The lowest BCUT2D eigenvalue weighted by Gasteiger charge is -2.29. The molecule has 0 bridgehead atoms. The minimum atomic E-state index is 0.690. The van der Waals surface area contributed by atoms with E-state index in [1.165, 1.54) is 93.7 Å². The van der Waals surface area contributed by atoms with Crippen LogP contribution in [-0.2, 0) is 6.42 Å².